The van der Waals surface area contributed by atoms with Gasteiger partial charge in [0.15, 0.2) is 8.66 Å². The number of carbonyl (C=O) groups is 2. The summed E-state index contributed by atoms with van der Waals surface area (Å²) in [6, 6.07) is 21.9. The maximum atomic E-state index is 16.0. The van der Waals surface area contributed by atoms with E-state index < -0.39 is 41.5 Å². The Bertz CT molecular complexity index is 1280. The topological polar surface area (TPSA) is 110 Å². The third-order valence-corrected chi connectivity index (χ3v) is 15.5. The highest BCUT2D eigenvalue weighted by molar-refractivity contribution is 8.98. The number of hydrogen-bond donors (Lipinski definition) is 2. The van der Waals surface area contributed by atoms with Crippen LogP contribution in [0.1, 0.15) is 19.8 Å². The number of unbranched alkanes of at least 4 members (excludes halogenated alkanes) is 1. The van der Waals surface area contributed by atoms with E-state index in [1.54, 1.807) is 18.2 Å². The van der Waals surface area contributed by atoms with Crippen LogP contribution in [0.3, 0.4) is 0 Å². The SMILES string of the molecule is C=C(C)C(=O)OCCCCOC(=O)C(F)(F)S(=O)(O)(O)S(c1ccccc1)(c1ccccc1)c1ccccc1. The first-order valence-corrected chi connectivity index (χ1v) is 15.9. The molecule has 39 heavy (non-hydrogen) atoms. The van der Waals surface area contributed by atoms with Crippen molar-refractivity contribution in [2.24, 2.45) is 0 Å². The fourth-order valence-corrected chi connectivity index (χ4v) is 13.2. The molecule has 11 heteroatoms. The fraction of sp³-hybridized carbons (Fsp3) is 0.214. The van der Waals surface area contributed by atoms with Gasteiger partial charge in [-0.05, 0) is 56.2 Å². The minimum Gasteiger partial charge on any atom is -0.462 e. The molecular formula is C28H30F2O7S2. The molecule has 0 spiro atoms. The summed E-state index contributed by atoms with van der Waals surface area (Å²) in [5, 5.41) is -5.24. The van der Waals surface area contributed by atoms with Crippen LogP contribution in [0.4, 0.5) is 8.78 Å². The van der Waals surface area contributed by atoms with Crippen LogP contribution in [0, 0.1) is 0 Å². The Morgan fingerprint density at radius 2 is 1.15 bits per heavy atom. The normalized spacial score (nSPS) is 13.5. The van der Waals surface area contributed by atoms with E-state index in [2.05, 4.69) is 11.3 Å². The summed E-state index contributed by atoms with van der Waals surface area (Å²) in [6.07, 6.45) is 0.186. The van der Waals surface area contributed by atoms with Crippen LogP contribution in [-0.2, 0) is 27.7 Å². The molecule has 0 aliphatic heterocycles. The van der Waals surface area contributed by atoms with Crippen LogP contribution in [0.25, 0.3) is 0 Å². The second kappa shape index (κ2) is 11.8. The molecule has 0 amide bonds. The minimum atomic E-state index is -7.33. The van der Waals surface area contributed by atoms with Crippen LogP contribution < -0.4 is 0 Å². The van der Waals surface area contributed by atoms with Crippen LogP contribution in [-0.4, -0.2) is 43.7 Å². The van der Waals surface area contributed by atoms with Crippen LogP contribution in [0.2, 0.25) is 0 Å². The fourth-order valence-electron chi connectivity index (χ4n) is 3.81. The smallest absolute Gasteiger partial charge is 0.445 e. The highest BCUT2D eigenvalue weighted by Gasteiger charge is 2.73. The van der Waals surface area contributed by atoms with E-state index in [0.29, 0.717) is 0 Å². The minimum absolute atomic E-state index is 0.0164. The van der Waals surface area contributed by atoms with Gasteiger partial charge in [0, 0.05) is 20.3 Å². The molecule has 3 rings (SSSR count). The molecule has 0 unspecified atom stereocenters. The van der Waals surface area contributed by atoms with Gasteiger partial charge in [0.1, 0.15) is 0 Å². The van der Waals surface area contributed by atoms with E-state index >= 15 is 8.78 Å². The van der Waals surface area contributed by atoms with Gasteiger partial charge in [-0.1, -0.05) is 70.2 Å². The lowest BCUT2D eigenvalue weighted by atomic mass is 10.3. The molecule has 0 aliphatic carbocycles. The summed E-state index contributed by atoms with van der Waals surface area (Å²) in [4.78, 5) is 24.0. The monoisotopic (exact) mass is 580 g/mol. The lowest BCUT2D eigenvalue weighted by Gasteiger charge is -2.55. The Hall–Kier alpha value is -3.38. The molecule has 0 atom stereocenters. The van der Waals surface area contributed by atoms with Crippen molar-refractivity contribution in [3.63, 3.8) is 0 Å². The van der Waals surface area contributed by atoms with Gasteiger partial charge in [-0.15, -0.1) is 0 Å². The van der Waals surface area contributed by atoms with Gasteiger partial charge in [0.2, 0.25) is 0 Å². The molecule has 0 saturated heterocycles. The summed E-state index contributed by atoms with van der Waals surface area (Å²) in [7, 11) is -11.5. The molecule has 0 aliphatic rings. The van der Waals surface area contributed by atoms with Crippen LogP contribution in [0.5, 0.6) is 0 Å². The van der Waals surface area contributed by atoms with Crippen molar-refractivity contribution in [2.45, 2.75) is 39.7 Å². The van der Waals surface area contributed by atoms with Gasteiger partial charge in [0.25, 0.3) is 0 Å². The number of halogens is 2. The molecule has 3 aromatic rings. The predicted molar refractivity (Wildman–Crippen MR) is 146 cm³/mol. The van der Waals surface area contributed by atoms with Crippen molar-refractivity contribution in [1.82, 2.24) is 0 Å². The first-order valence-electron chi connectivity index (χ1n) is 11.9. The van der Waals surface area contributed by atoms with Gasteiger partial charge < -0.3 is 9.47 Å². The molecule has 3 aromatic carbocycles. The molecular weight excluding hydrogens is 550 g/mol. The van der Waals surface area contributed by atoms with E-state index in [9.17, 15) is 22.9 Å². The van der Waals surface area contributed by atoms with Gasteiger partial charge in [-0.3, -0.25) is 9.11 Å². The van der Waals surface area contributed by atoms with E-state index in [0.717, 1.165) is 0 Å². The number of hydrogen-bond acceptors (Lipinski definition) is 5. The standard InChI is InChI=1S/C28H30F2O7S2/c1-22(2)26(31)36-20-12-13-21-37-27(32)28(29,30)39(33,34,35)38(23-14-6-3-7-15-23,24-16-8-4-9-17-24)25-18-10-5-11-19-25/h3-11,14-19H,1,12-13,20-21H2,2H3,(H2,33,34,35). The van der Waals surface area contributed by atoms with E-state index in [1.165, 1.54) is 79.7 Å². The number of alkyl halides is 2. The second-order valence-corrected chi connectivity index (χ2v) is 16.5. The highest BCUT2D eigenvalue weighted by atomic mass is 33.2. The summed E-state index contributed by atoms with van der Waals surface area (Å²) in [5.74, 6) is -2.97. The van der Waals surface area contributed by atoms with Gasteiger partial charge in [0.05, 0.1) is 13.2 Å². The summed E-state index contributed by atoms with van der Waals surface area (Å²) in [6.45, 7) is 4.27. The summed E-state index contributed by atoms with van der Waals surface area (Å²) >= 11 is 0. The Kier molecular flexibility index (Phi) is 9.12. The van der Waals surface area contributed by atoms with Crippen molar-refractivity contribution in [3.05, 3.63) is 103 Å². The second-order valence-electron chi connectivity index (χ2n) is 8.57. The average Bonchev–Trinajstić information content (AvgIpc) is 2.92. The predicted octanol–water partition coefficient (Wildman–Crippen LogP) is 6.68. The lowest BCUT2D eigenvalue weighted by Crippen LogP contribution is -2.57. The maximum Gasteiger partial charge on any atom is 0.445 e. The Labute approximate surface area is 226 Å². The zero-order chi connectivity index (χ0) is 28.8. The number of benzene rings is 3. The molecule has 0 radical (unpaired) electrons. The van der Waals surface area contributed by atoms with Crippen LogP contribution in [0.15, 0.2) is 118 Å². The molecule has 2 N–H and O–H groups in total. The molecule has 210 valence electrons. The van der Waals surface area contributed by atoms with Crippen molar-refractivity contribution in [2.75, 3.05) is 13.2 Å². The van der Waals surface area contributed by atoms with E-state index in [4.69, 9.17) is 4.74 Å². The maximum absolute atomic E-state index is 16.0. The largest absolute Gasteiger partial charge is 0.462 e. The zero-order valence-corrected chi connectivity index (χ0v) is 22.8. The number of rotatable bonds is 12. The number of ether oxygens (including phenoxy) is 2. The molecule has 0 heterocycles. The summed E-state index contributed by atoms with van der Waals surface area (Å²) < 4.78 is 79.0. The highest BCUT2D eigenvalue weighted by Crippen LogP contribution is 2.82. The average molecular weight is 581 g/mol. The third-order valence-electron chi connectivity index (χ3n) is 5.71. The van der Waals surface area contributed by atoms with Gasteiger partial charge in [-0.25, -0.2) is 13.8 Å². The number of esters is 2. The Balaban J connectivity index is 2.05. The molecule has 0 fully saturated rings. The molecule has 0 bridgehead atoms. The molecule has 7 nitrogen and oxygen atoms in total. The molecule has 0 aromatic heterocycles. The van der Waals surface area contributed by atoms with E-state index in [-0.39, 0.29) is 39.7 Å². The number of carbonyl (C=O) groups excluding carboxylic acids is 2. The van der Waals surface area contributed by atoms with E-state index in [1.807, 2.05) is 0 Å². The first-order chi connectivity index (χ1) is 18.4. The summed E-state index contributed by atoms with van der Waals surface area (Å²) in [5.41, 5.74) is 0.189. The first kappa shape index (κ1) is 30.2. The van der Waals surface area contributed by atoms with Crippen molar-refractivity contribution in [3.8, 4) is 0 Å². The van der Waals surface area contributed by atoms with Gasteiger partial charge >= 0.3 is 17.2 Å². The zero-order valence-electron chi connectivity index (χ0n) is 21.2. The van der Waals surface area contributed by atoms with Crippen molar-refractivity contribution < 1.29 is 41.2 Å². The Morgan fingerprint density at radius 1 is 0.795 bits per heavy atom. The van der Waals surface area contributed by atoms with Gasteiger partial charge in [-0.2, -0.15) is 8.78 Å². The van der Waals surface area contributed by atoms with Crippen LogP contribution >= 0.6 is 9.06 Å². The van der Waals surface area contributed by atoms with Crippen molar-refractivity contribution >= 4 is 29.7 Å². The quantitative estimate of drug-likeness (QED) is 0.106. The molecule has 0 saturated carbocycles. The Morgan fingerprint density at radius 3 is 1.51 bits per heavy atom. The third kappa shape index (κ3) is 5.53. The van der Waals surface area contributed by atoms with Crippen molar-refractivity contribution in [1.29, 1.82) is 0 Å². The lowest BCUT2D eigenvalue weighted by molar-refractivity contribution is -0.162.